The predicted octanol–water partition coefficient (Wildman–Crippen LogP) is 4.68. The van der Waals surface area contributed by atoms with Crippen molar-refractivity contribution >= 4 is 11.7 Å². The highest BCUT2D eigenvalue weighted by atomic mass is 16.5. The minimum atomic E-state index is -0.179. The molecule has 0 spiro atoms. The van der Waals surface area contributed by atoms with E-state index >= 15 is 0 Å². The second kappa shape index (κ2) is 8.54. The van der Waals surface area contributed by atoms with Gasteiger partial charge in [-0.3, -0.25) is 4.79 Å². The highest BCUT2D eigenvalue weighted by molar-refractivity contribution is 6.04. The van der Waals surface area contributed by atoms with Crippen LogP contribution >= 0.6 is 0 Å². The number of ether oxygens (including phenoxy) is 1. The fourth-order valence-electron chi connectivity index (χ4n) is 2.81. The Balaban J connectivity index is 1.66. The maximum atomic E-state index is 12.6. The van der Waals surface area contributed by atoms with Crippen LogP contribution in [0.25, 0.3) is 0 Å². The highest BCUT2D eigenvalue weighted by Crippen LogP contribution is 2.17. The molecule has 1 N–H and O–H groups in total. The van der Waals surface area contributed by atoms with Crippen LogP contribution in [0.3, 0.4) is 0 Å². The topological polar surface area (TPSA) is 56.1 Å². The molecule has 3 rings (SSSR count). The van der Waals surface area contributed by atoms with Gasteiger partial charge in [0.25, 0.3) is 5.91 Å². The normalized spacial score (nSPS) is 10.8. The molecule has 5 heteroatoms. The number of nitrogens with one attached hydrogen (secondary N) is 1. The number of hydrogen-bond acceptors (Lipinski definition) is 3. The molecule has 27 heavy (non-hydrogen) atoms. The molecule has 0 aliphatic carbocycles. The summed E-state index contributed by atoms with van der Waals surface area (Å²) in [4.78, 5) is 12.6. The van der Waals surface area contributed by atoms with Gasteiger partial charge in [0.15, 0.2) is 0 Å². The Kier molecular flexibility index (Phi) is 5.91. The van der Waals surface area contributed by atoms with Gasteiger partial charge in [-0.05, 0) is 36.6 Å². The van der Waals surface area contributed by atoms with E-state index in [1.165, 1.54) is 5.56 Å². The van der Waals surface area contributed by atoms with Gasteiger partial charge in [-0.1, -0.05) is 49.7 Å². The van der Waals surface area contributed by atoms with E-state index in [1.807, 2.05) is 24.3 Å². The van der Waals surface area contributed by atoms with E-state index in [9.17, 15) is 4.79 Å². The van der Waals surface area contributed by atoms with Crippen molar-refractivity contribution in [2.24, 2.45) is 5.92 Å². The maximum Gasteiger partial charge on any atom is 0.256 e. The summed E-state index contributed by atoms with van der Waals surface area (Å²) in [6, 6.07) is 17.2. The molecule has 2 aromatic carbocycles. The number of amides is 1. The highest BCUT2D eigenvalue weighted by Gasteiger charge is 2.11. The van der Waals surface area contributed by atoms with Crippen LogP contribution in [0, 0.1) is 12.8 Å². The minimum Gasteiger partial charge on any atom is -0.489 e. The first kappa shape index (κ1) is 18.7. The third kappa shape index (κ3) is 5.20. The number of nitrogens with zero attached hydrogens (tertiary/aromatic N) is 2. The van der Waals surface area contributed by atoms with E-state index in [0.29, 0.717) is 29.7 Å². The molecular weight excluding hydrogens is 338 g/mol. The lowest BCUT2D eigenvalue weighted by molar-refractivity contribution is 0.102. The molecular formula is C22H25N3O2. The van der Waals surface area contributed by atoms with Gasteiger partial charge in [-0.15, -0.1) is 0 Å². The number of benzene rings is 2. The van der Waals surface area contributed by atoms with Crippen LogP contribution in [0.1, 0.15) is 35.3 Å². The van der Waals surface area contributed by atoms with Crippen LogP contribution in [0.15, 0.2) is 60.8 Å². The Labute approximate surface area is 160 Å². The Morgan fingerprint density at radius 3 is 2.74 bits per heavy atom. The summed E-state index contributed by atoms with van der Waals surface area (Å²) >= 11 is 0. The van der Waals surface area contributed by atoms with E-state index < -0.39 is 0 Å². The molecule has 0 unspecified atom stereocenters. The molecule has 0 fully saturated rings. The van der Waals surface area contributed by atoms with Gasteiger partial charge < -0.3 is 10.1 Å². The zero-order valence-electron chi connectivity index (χ0n) is 16.0. The molecule has 5 nitrogen and oxygen atoms in total. The maximum absolute atomic E-state index is 12.6. The van der Waals surface area contributed by atoms with Crippen molar-refractivity contribution in [3.63, 3.8) is 0 Å². The molecule has 1 amide bonds. The smallest absolute Gasteiger partial charge is 0.256 e. The summed E-state index contributed by atoms with van der Waals surface area (Å²) in [5.74, 6) is 1.63. The third-order valence-corrected chi connectivity index (χ3v) is 4.08. The van der Waals surface area contributed by atoms with Crippen molar-refractivity contribution in [3.8, 4) is 5.75 Å². The van der Waals surface area contributed by atoms with Gasteiger partial charge in [0.1, 0.15) is 18.2 Å². The largest absolute Gasteiger partial charge is 0.489 e. The standard InChI is InChI=1S/C22H25N3O2/c1-16(2)14-25-21(10-11-23-25)24-22(26)19-8-5-9-20(13-19)27-15-18-7-4-6-17(3)12-18/h4-13,16H,14-15H2,1-3H3,(H,24,26). The zero-order chi connectivity index (χ0) is 19.2. The van der Waals surface area contributed by atoms with Gasteiger partial charge in [-0.2, -0.15) is 5.10 Å². The number of rotatable bonds is 7. The second-order valence-electron chi connectivity index (χ2n) is 7.05. The van der Waals surface area contributed by atoms with Gasteiger partial charge in [-0.25, -0.2) is 4.68 Å². The van der Waals surface area contributed by atoms with E-state index in [2.05, 4.69) is 43.3 Å². The summed E-state index contributed by atoms with van der Waals surface area (Å²) in [5, 5.41) is 7.19. The molecule has 0 aliphatic heterocycles. The van der Waals surface area contributed by atoms with E-state index in [0.717, 1.165) is 12.1 Å². The predicted molar refractivity (Wildman–Crippen MR) is 107 cm³/mol. The van der Waals surface area contributed by atoms with Crippen LogP contribution in [-0.2, 0) is 13.2 Å². The molecule has 0 saturated carbocycles. The number of hydrogen-bond donors (Lipinski definition) is 1. The summed E-state index contributed by atoms with van der Waals surface area (Å²) in [5.41, 5.74) is 2.85. The van der Waals surface area contributed by atoms with Crippen LogP contribution in [0.5, 0.6) is 5.75 Å². The van der Waals surface area contributed by atoms with E-state index in [4.69, 9.17) is 4.74 Å². The fraction of sp³-hybridized carbons (Fsp3) is 0.273. The second-order valence-corrected chi connectivity index (χ2v) is 7.05. The monoisotopic (exact) mass is 363 g/mol. The van der Waals surface area contributed by atoms with Crippen molar-refractivity contribution in [1.29, 1.82) is 0 Å². The summed E-state index contributed by atoms with van der Waals surface area (Å²) in [6.07, 6.45) is 1.69. The molecule has 0 radical (unpaired) electrons. The fourth-order valence-corrected chi connectivity index (χ4v) is 2.81. The molecule has 0 aliphatic rings. The molecule has 3 aromatic rings. The molecule has 0 atom stereocenters. The first-order chi connectivity index (χ1) is 13.0. The molecule has 1 heterocycles. The Hall–Kier alpha value is -3.08. The van der Waals surface area contributed by atoms with Crippen LogP contribution in [0.4, 0.5) is 5.82 Å². The first-order valence-electron chi connectivity index (χ1n) is 9.13. The van der Waals surface area contributed by atoms with Crippen molar-refractivity contribution in [1.82, 2.24) is 9.78 Å². The van der Waals surface area contributed by atoms with Gasteiger partial charge in [0, 0.05) is 18.2 Å². The number of anilines is 1. The quantitative estimate of drug-likeness (QED) is 0.663. The number of carbonyl (C=O) groups excluding carboxylic acids is 1. The Morgan fingerprint density at radius 1 is 1.15 bits per heavy atom. The Bertz CT molecular complexity index is 915. The number of carbonyl (C=O) groups is 1. The molecule has 140 valence electrons. The van der Waals surface area contributed by atoms with Crippen LogP contribution < -0.4 is 10.1 Å². The molecule has 0 saturated heterocycles. The van der Waals surface area contributed by atoms with Crippen LogP contribution in [-0.4, -0.2) is 15.7 Å². The lowest BCUT2D eigenvalue weighted by Crippen LogP contribution is -2.17. The van der Waals surface area contributed by atoms with Gasteiger partial charge in [0.2, 0.25) is 0 Å². The zero-order valence-corrected chi connectivity index (χ0v) is 16.0. The summed E-state index contributed by atoms with van der Waals surface area (Å²) in [6.45, 7) is 7.50. The Morgan fingerprint density at radius 2 is 1.96 bits per heavy atom. The number of aromatic nitrogens is 2. The molecule has 1 aromatic heterocycles. The lowest BCUT2D eigenvalue weighted by Gasteiger charge is -2.12. The van der Waals surface area contributed by atoms with Gasteiger partial charge >= 0.3 is 0 Å². The van der Waals surface area contributed by atoms with Gasteiger partial charge in [0.05, 0.1) is 6.20 Å². The van der Waals surface area contributed by atoms with E-state index in [-0.39, 0.29) is 5.91 Å². The third-order valence-electron chi connectivity index (χ3n) is 4.08. The van der Waals surface area contributed by atoms with E-state index in [1.54, 1.807) is 29.1 Å². The van der Waals surface area contributed by atoms with Crippen molar-refractivity contribution in [3.05, 3.63) is 77.5 Å². The average Bonchev–Trinajstić information content (AvgIpc) is 3.06. The van der Waals surface area contributed by atoms with Crippen molar-refractivity contribution in [2.75, 3.05) is 5.32 Å². The summed E-state index contributed by atoms with van der Waals surface area (Å²) in [7, 11) is 0. The lowest BCUT2D eigenvalue weighted by atomic mass is 10.1. The van der Waals surface area contributed by atoms with Crippen molar-refractivity contribution in [2.45, 2.75) is 33.9 Å². The number of aryl methyl sites for hydroxylation is 1. The van der Waals surface area contributed by atoms with Crippen LogP contribution in [0.2, 0.25) is 0 Å². The van der Waals surface area contributed by atoms with Crippen molar-refractivity contribution < 1.29 is 9.53 Å². The average molecular weight is 363 g/mol. The summed E-state index contributed by atoms with van der Waals surface area (Å²) < 4.78 is 7.66. The minimum absolute atomic E-state index is 0.179. The molecule has 0 bridgehead atoms. The first-order valence-corrected chi connectivity index (χ1v) is 9.13. The SMILES string of the molecule is Cc1cccc(COc2cccc(C(=O)Nc3ccnn3CC(C)C)c2)c1.